The maximum atomic E-state index is 5.20. The van der Waals surface area contributed by atoms with E-state index in [9.17, 15) is 0 Å². The summed E-state index contributed by atoms with van der Waals surface area (Å²) in [7, 11) is 1.67. The Kier molecular flexibility index (Phi) is 2.32. The van der Waals surface area contributed by atoms with Gasteiger partial charge in [0.25, 0.3) is 0 Å². The third-order valence-electron chi connectivity index (χ3n) is 2.87. The Labute approximate surface area is 102 Å². The third-order valence-corrected chi connectivity index (χ3v) is 3.22. The molecule has 0 atom stereocenters. The molecule has 3 rings (SSSR count). The summed E-state index contributed by atoms with van der Waals surface area (Å²) in [6.45, 7) is 0. The van der Waals surface area contributed by atoms with Gasteiger partial charge in [-0.25, -0.2) is 9.97 Å². The largest absolute Gasteiger partial charge is 0.497 e. The van der Waals surface area contributed by atoms with Crippen LogP contribution in [0.1, 0.15) is 24.5 Å². The van der Waals surface area contributed by atoms with Gasteiger partial charge in [-0.1, -0.05) is 0 Å². The van der Waals surface area contributed by atoms with Crippen LogP contribution in [0.3, 0.4) is 0 Å². The van der Waals surface area contributed by atoms with E-state index in [0.717, 1.165) is 16.7 Å². The monoisotopic (exact) mass is 278 g/mol. The van der Waals surface area contributed by atoms with Crippen molar-refractivity contribution >= 4 is 26.8 Å². The number of fused-ring (bicyclic) bond motifs is 1. The summed E-state index contributed by atoms with van der Waals surface area (Å²) in [5.74, 6) is 1.45. The van der Waals surface area contributed by atoms with Gasteiger partial charge in [0.1, 0.15) is 5.75 Å². The van der Waals surface area contributed by atoms with Gasteiger partial charge in [-0.15, -0.1) is 0 Å². The molecular formula is C12H11BrN2O. The lowest BCUT2D eigenvalue weighted by molar-refractivity contribution is 0.415. The summed E-state index contributed by atoms with van der Waals surface area (Å²) in [4.78, 5) is 8.86. The molecule has 0 N–H and O–H groups in total. The zero-order chi connectivity index (χ0) is 11.1. The van der Waals surface area contributed by atoms with Gasteiger partial charge in [0.15, 0.2) is 4.73 Å². The number of aromatic nitrogens is 2. The number of hydrogen-bond donors (Lipinski definition) is 0. The van der Waals surface area contributed by atoms with E-state index in [0.29, 0.717) is 10.7 Å². The molecule has 1 saturated carbocycles. The molecule has 0 saturated heterocycles. The van der Waals surface area contributed by atoms with E-state index in [-0.39, 0.29) is 0 Å². The van der Waals surface area contributed by atoms with Crippen LogP contribution in [0.2, 0.25) is 0 Å². The minimum Gasteiger partial charge on any atom is -0.497 e. The molecule has 1 aliphatic rings. The van der Waals surface area contributed by atoms with Crippen molar-refractivity contribution in [3.63, 3.8) is 0 Å². The number of nitrogens with zero attached hydrogens (tertiary/aromatic N) is 2. The van der Waals surface area contributed by atoms with Gasteiger partial charge in [0, 0.05) is 17.4 Å². The standard InChI is InChI=1S/C12H11BrN2O/c1-16-8-4-5-9-10(6-8)14-12(13)15-11(9)7-2-3-7/h4-7H,2-3H2,1H3. The Morgan fingerprint density at radius 1 is 1.31 bits per heavy atom. The number of ether oxygens (including phenoxy) is 1. The Morgan fingerprint density at radius 3 is 2.81 bits per heavy atom. The highest BCUT2D eigenvalue weighted by Gasteiger charge is 2.27. The molecule has 1 aromatic carbocycles. The Hall–Kier alpha value is -1.16. The molecule has 82 valence electrons. The normalized spacial score (nSPS) is 15.4. The van der Waals surface area contributed by atoms with Crippen LogP contribution in [0.15, 0.2) is 22.9 Å². The van der Waals surface area contributed by atoms with Crippen molar-refractivity contribution in [2.45, 2.75) is 18.8 Å². The third kappa shape index (κ3) is 1.67. The van der Waals surface area contributed by atoms with Crippen LogP contribution < -0.4 is 4.74 Å². The fraction of sp³-hybridized carbons (Fsp3) is 0.333. The predicted octanol–water partition coefficient (Wildman–Crippen LogP) is 3.28. The first-order valence-corrected chi connectivity index (χ1v) is 6.08. The number of hydrogen-bond acceptors (Lipinski definition) is 3. The van der Waals surface area contributed by atoms with Crippen LogP contribution in [-0.4, -0.2) is 17.1 Å². The molecule has 4 heteroatoms. The molecular weight excluding hydrogens is 268 g/mol. The first-order valence-electron chi connectivity index (χ1n) is 5.29. The van der Waals surface area contributed by atoms with Crippen LogP contribution in [-0.2, 0) is 0 Å². The predicted molar refractivity (Wildman–Crippen MR) is 65.8 cm³/mol. The first-order chi connectivity index (χ1) is 7.78. The number of benzene rings is 1. The van der Waals surface area contributed by atoms with Crippen LogP contribution in [0.25, 0.3) is 10.9 Å². The molecule has 0 radical (unpaired) electrons. The molecule has 0 spiro atoms. The van der Waals surface area contributed by atoms with Gasteiger partial charge in [-0.3, -0.25) is 0 Å². The molecule has 1 aromatic heterocycles. The fourth-order valence-electron chi connectivity index (χ4n) is 1.90. The zero-order valence-corrected chi connectivity index (χ0v) is 10.5. The first kappa shape index (κ1) is 10.0. The van der Waals surface area contributed by atoms with Gasteiger partial charge in [-0.05, 0) is 40.9 Å². The van der Waals surface area contributed by atoms with Crippen molar-refractivity contribution in [3.8, 4) is 5.75 Å². The van der Waals surface area contributed by atoms with Gasteiger partial charge in [0.05, 0.1) is 18.3 Å². The lowest BCUT2D eigenvalue weighted by Crippen LogP contribution is -1.94. The number of halogens is 1. The number of methoxy groups -OCH3 is 1. The Morgan fingerprint density at radius 2 is 2.12 bits per heavy atom. The van der Waals surface area contributed by atoms with Crippen molar-refractivity contribution in [1.82, 2.24) is 9.97 Å². The molecule has 16 heavy (non-hydrogen) atoms. The molecule has 0 aliphatic heterocycles. The summed E-state index contributed by atoms with van der Waals surface area (Å²) >= 11 is 3.36. The quantitative estimate of drug-likeness (QED) is 0.791. The zero-order valence-electron chi connectivity index (χ0n) is 8.90. The van der Waals surface area contributed by atoms with Gasteiger partial charge >= 0.3 is 0 Å². The lowest BCUT2D eigenvalue weighted by atomic mass is 10.1. The Bertz CT molecular complexity index is 552. The van der Waals surface area contributed by atoms with E-state index < -0.39 is 0 Å². The van der Waals surface area contributed by atoms with E-state index in [2.05, 4.69) is 25.9 Å². The highest BCUT2D eigenvalue weighted by Crippen LogP contribution is 2.42. The van der Waals surface area contributed by atoms with Crippen molar-refractivity contribution in [3.05, 3.63) is 28.6 Å². The minimum atomic E-state index is 0.621. The molecule has 0 unspecified atom stereocenters. The van der Waals surface area contributed by atoms with E-state index in [1.807, 2.05) is 18.2 Å². The molecule has 1 aliphatic carbocycles. The maximum Gasteiger partial charge on any atom is 0.197 e. The van der Waals surface area contributed by atoms with E-state index in [1.165, 1.54) is 18.5 Å². The maximum absolute atomic E-state index is 5.20. The summed E-state index contributed by atoms with van der Waals surface area (Å²) in [5, 5.41) is 1.14. The minimum absolute atomic E-state index is 0.621. The summed E-state index contributed by atoms with van der Waals surface area (Å²) in [6, 6.07) is 5.97. The Balaban J connectivity index is 2.25. The summed E-state index contributed by atoms with van der Waals surface area (Å²) in [5.41, 5.74) is 2.11. The van der Waals surface area contributed by atoms with E-state index in [4.69, 9.17) is 4.74 Å². The van der Waals surface area contributed by atoms with Crippen molar-refractivity contribution in [2.24, 2.45) is 0 Å². The summed E-state index contributed by atoms with van der Waals surface area (Å²) in [6.07, 6.45) is 2.48. The average molecular weight is 279 g/mol. The van der Waals surface area contributed by atoms with E-state index >= 15 is 0 Å². The van der Waals surface area contributed by atoms with Crippen molar-refractivity contribution in [1.29, 1.82) is 0 Å². The SMILES string of the molecule is COc1ccc2c(C3CC3)nc(Br)nc2c1. The van der Waals surface area contributed by atoms with Gasteiger partial charge in [0.2, 0.25) is 0 Å². The molecule has 0 bridgehead atoms. The fourth-order valence-corrected chi connectivity index (χ4v) is 2.28. The van der Waals surface area contributed by atoms with Crippen LogP contribution in [0.5, 0.6) is 5.75 Å². The molecule has 0 amide bonds. The topological polar surface area (TPSA) is 35.0 Å². The van der Waals surface area contributed by atoms with Crippen LogP contribution in [0, 0.1) is 0 Å². The average Bonchev–Trinajstić information content (AvgIpc) is 3.10. The second-order valence-corrected chi connectivity index (χ2v) is 4.74. The second kappa shape index (κ2) is 3.70. The molecule has 1 fully saturated rings. The highest BCUT2D eigenvalue weighted by molar-refractivity contribution is 9.10. The van der Waals surface area contributed by atoms with Crippen molar-refractivity contribution < 1.29 is 4.74 Å². The molecule has 3 nitrogen and oxygen atoms in total. The highest BCUT2D eigenvalue weighted by atomic mass is 79.9. The lowest BCUT2D eigenvalue weighted by Gasteiger charge is -2.06. The summed E-state index contributed by atoms with van der Waals surface area (Å²) < 4.78 is 5.86. The van der Waals surface area contributed by atoms with Crippen molar-refractivity contribution in [2.75, 3.05) is 7.11 Å². The van der Waals surface area contributed by atoms with Crippen LogP contribution in [0.4, 0.5) is 0 Å². The van der Waals surface area contributed by atoms with Crippen LogP contribution >= 0.6 is 15.9 Å². The van der Waals surface area contributed by atoms with E-state index in [1.54, 1.807) is 7.11 Å². The van der Waals surface area contributed by atoms with Gasteiger partial charge in [-0.2, -0.15) is 0 Å². The molecule has 1 heterocycles. The second-order valence-electron chi connectivity index (χ2n) is 4.04. The van der Waals surface area contributed by atoms with Gasteiger partial charge < -0.3 is 4.74 Å². The smallest absolute Gasteiger partial charge is 0.197 e. The molecule has 2 aromatic rings. The number of rotatable bonds is 2.